The first-order chi connectivity index (χ1) is 11.1. The van der Waals surface area contributed by atoms with E-state index < -0.39 is 17.4 Å². The summed E-state index contributed by atoms with van der Waals surface area (Å²) in [5.74, 6) is -0.285. The molecule has 0 unspecified atom stereocenters. The Hall–Kier alpha value is -1.37. The van der Waals surface area contributed by atoms with Gasteiger partial charge in [0.1, 0.15) is 11.3 Å². The van der Waals surface area contributed by atoms with Gasteiger partial charge in [0.05, 0.1) is 25.6 Å². The SMILES string of the molecule is CC(C)(C)OC(=O)N1CCN(C(=O)[C@@H]2CCCOC2)C[C@](C)(F)C1. The van der Waals surface area contributed by atoms with E-state index in [9.17, 15) is 14.0 Å². The van der Waals surface area contributed by atoms with Gasteiger partial charge in [0, 0.05) is 19.7 Å². The van der Waals surface area contributed by atoms with Crippen LogP contribution in [0.1, 0.15) is 40.5 Å². The maximum absolute atomic E-state index is 14.9. The van der Waals surface area contributed by atoms with Crippen LogP contribution in [0, 0.1) is 5.92 Å². The topological polar surface area (TPSA) is 59.1 Å². The standard InChI is InChI=1S/C17H29FN2O4/c1-16(2,3)24-15(22)20-8-7-19(11-17(4,18)12-20)14(21)13-6-5-9-23-10-13/h13H,5-12H2,1-4H3/t13-,17+/m1/s1. The first-order valence-electron chi connectivity index (χ1n) is 8.61. The second-order valence-corrected chi connectivity index (χ2v) is 7.99. The molecule has 2 saturated heterocycles. The molecule has 2 rings (SSSR count). The van der Waals surface area contributed by atoms with Crippen LogP contribution < -0.4 is 0 Å². The molecule has 0 N–H and O–H groups in total. The second-order valence-electron chi connectivity index (χ2n) is 7.99. The number of hydrogen-bond acceptors (Lipinski definition) is 4. The summed E-state index contributed by atoms with van der Waals surface area (Å²) in [5, 5.41) is 0. The molecule has 7 heteroatoms. The van der Waals surface area contributed by atoms with E-state index in [-0.39, 0.29) is 31.5 Å². The predicted molar refractivity (Wildman–Crippen MR) is 87.4 cm³/mol. The third-order valence-corrected chi connectivity index (χ3v) is 4.15. The zero-order valence-electron chi connectivity index (χ0n) is 15.1. The fourth-order valence-corrected chi connectivity index (χ4v) is 3.11. The molecule has 6 nitrogen and oxygen atoms in total. The van der Waals surface area contributed by atoms with Crippen LogP contribution >= 0.6 is 0 Å². The van der Waals surface area contributed by atoms with Gasteiger partial charge < -0.3 is 19.3 Å². The molecule has 0 aliphatic carbocycles. The summed E-state index contributed by atoms with van der Waals surface area (Å²) in [7, 11) is 0. The summed E-state index contributed by atoms with van der Waals surface area (Å²) in [6.45, 7) is 8.32. The molecule has 138 valence electrons. The summed E-state index contributed by atoms with van der Waals surface area (Å²) in [6.07, 6.45) is 1.08. The van der Waals surface area contributed by atoms with Crippen molar-refractivity contribution in [2.45, 2.75) is 51.8 Å². The number of halogens is 1. The summed E-state index contributed by atoms with van der Waals surface area (Å²) in [6, 6.07) is 0. The summed E-state index contributed by atoms with van der Waals surface area (Å²) in [4.78, 5) is 27.8. The van der Waals surface area contributed by atoms with Crippen molar-refractivity contribution < 1.29 is 23.5 Å². The maximum Gasteiger partial charge on any atom is 0.410 e. The Balaban J connectivity index is 2.03. The normalized spacial score (nSPS) is 29.1. The molecule has 0 saturated carbocycles. The Morgan fingerprint density at radius 1 is 1.21 bits per heavy atom. The molecular weight excluding hydrogens is 315 g/mol. The highest BCUT2D eigenvalue weighted by Gasteiger charge is 2.39. The van der Waals surface area contributed by atoms with E-state index in [1.807, 2.05) is 0 Å². The number of rotatable bonds is 1. The van der Waals surface area contributed by atoms with E-state index in [0.29, 0.717) is 19.8 Å². The fourth-order valence-electron chi connectivity index (χ4n) is 3.11. The number of hydrogen-bond donors (Lipinski definition) is 0. The summed E-state index contributed by atoms with van der Waals surface area (Å²) >= 11 is 0. The molecule has 0 spiro atoms. The van der Waals surface area contributed by atoms with Gasteiger partial charge in [-0.1, -0.05) is 0 Å². The van der Waals surface area contributed by atoms with Gasteiger partial charge in [-0.15, -0.1) is 0 Å². The zero-order chi connectivity index (χ0) is 18.0. The summed E-state index contributed by atoms with van der Waals surface area (Å²) < 4.78 is 25.6. The number of nitrogens with zero attached hydrogens (tertiary/aromatic N) is 2. The maximum atomic E-state index is 14.9. The third kappa shape index (κ3) is 5.33. The van der Waals surface area contributed by atoms with Crippen LogP contribution in [0.5, 0.6) is 0 Å². The lowest BCUT2D eigenvalue weighted by Crippen LogP contribution is -2.46. The smallest absolute Gasteiger partial charge is 0.410 e. The van der Waals surface area contributed by atoms with Gasteiger partial charge in [-0.05, 0) is 40.5 Å². The van der Waals surface area contributed by atoms with Crippen LogP contribution in [0.25, 0.3) is 0 Å². The van der Waals surface area contributed by atoms with Crippen molar-refractivity contribution in [2.24, 2.45) is 5.92 Å². The lowest BCUT2D eigenvalue weighted by Gasteiger charge is -2.31. The Morgan fingerprint density at radius 2 is 1.83 bits per heavy atom. The molecule has 2 aliphatic rings. The molecule has 2 aliphatic heterocycles. The molecule has 0 aromatic carbocycles. The van der Waals surface area contributed by atoms with Crippen molar-refractivity contribution >= 4 is 12.0 Å². The Morgan fingerprint density at radius 3 is 2.42 bits per heavy atom. The van der Waals surface area contributed by atoms with Crippen LogP contribution in [0.3, 0.4) is 0 Å². The lowest BCUT2D eigenvalue weighted by atomic mass is 10.00. The molecule has 2 amide bonds. The van der Waals surface area contributed by atoms with Gasteiger partial charge >= 0.3 is 6.09 Å². The average molecular weight is 344 g/mol. The van der Waals surface area contributed by atoms with E-state index in [4.69, 9.17) is 9.47 Å². The minimum atomic E-state index is -1.67. The Kier molecular flexibility index (Phi) is 5.73. The quantitative estimate of drug-likeness (QED) is 0.732. The molecule has 0 bridgehead atoms. The molecule has 0 radical (unpaired) electrons. The van der Waals surface area contributed by atoms with E-state index in [0.717, 1.165) is 12.8 Å². The van der Waals surface area contributed by atoms with Crippen LogP contribution in [0.4, 0.5) is 9.18 Å². The highest BCUT2D eigenvalue weighted by molar-refractivity contribution is 5.79. The molecular formula is C17H29FN2O4. The van der Waals surface area contributed by atoms with Crippen molar-refractivity contribution in [3.05, 3.63) is 0 Å². The molecule has 2 atom stereocenters. The van der Waals surface area contributed by atoms with Gasteiger partial charge in [0.2, 0.25) is 5.91 Å². The highest BCUT2D eigenvalue weighted by Crippen LogP contribution is 2.23. The van der Waals surface area contributed by atoms with Gasteiger partial charge in [0.25, 0.3) is 0 Å². The monoisotopic (exact) mass is 344 g/mol. The van der Waals surface area contributed by atoms with Crippen molar-refractivity contribution in [3.63, 3.8) is 0 Å². The van der Waals surface area contributed by atoms with Gasteiger partial charge in [-0.2, -0.15) is 0 Å². The van der Waals surface area contributed by atoms with E-state index in [2.05, 4.69) is 0 Å². The molecule has 0 aromatic heterocycles. The zero-order valence-corrected chi connectivity index (χ0v) is 15.1. The van der Waals surface area contributed by atoms with Crippen LogP contribution in [-0.4, -0.2) is 72.5 Å². The number of ether oxygens (including phenoxy) is 2. The predicted octanol–water partition coefficient (Wildman–Crippen LogP) is 2.22. The first-order valence-corrected chi connectivity index (χ1v) is 8.61. The fraction of sp³-hybridized carbons (Fsp3) is 0.882. The lowest BCUT2D eigenvalue weighted by molar-refractivity contribution is -0.141. The molecule has 2 fully saturated rings. The van der Waals surface area contributed by atoms with Crippen molar-refractivity contribution in [1.82, 2.24) is 9.80 Å². The third-order valence-electron chi connectivity index (χ3n) is 4.15. The number of alkyl halides is 1. The number of carbonyl (C=O) groups is 2. The van der Waals surface area contributed by atoms with Gasteiger partial charge in [-0.25, -0.2) is 9.18 Å². The number of amides is 2. The molecule has 0 aromatic rings. The first kappa shape index (κ1) is 19.0. The van der Waals surface area contributed by atoms with Crippen LogP contribution in [0.2, 0.25) is 0 Å². The second kappa shape index (κ2) is 7.25. The van der Waals surface area contributed by atoms with Crippen LogP contribution in [-0.2, 0) is 14.3 Å². The minimum Gasteiger partial charge on any atom is -0.444 e. The van der Waals surface area contributed by atoms with Gasteiger partial charge in [-0.3, -0.25) is 4.79 Å². The summed E-state index contributed by atoms with van der Waals surface area (Å²) in [5.41, 5.74) is -2.30. The van der Waals surface area contributed by atoms with Gasteiger partial charge in [0.15, 0.2) is 0 Å². The Bertz CT molecular complexity index is 470. The molecule has 2 heterocycles. The Labute approximate surface area is 143 Å². The van der Waals surface area contributed by atoms with Crippen molar-refractivity contribution in [2.75, 3.05) is 39.4 Å². The van der Waals surface area contributed by atoms with E-state index in [1.165, 1.54) is 16.7 Å². The average Bonchev–Trinajstić information content (AvgIpc) is 2.64. The van der Waals surface area contributed by atoms with Crippen molar-refractivity contribution in [3.8, 4) is 0 Å². The number of carbonyl (C=O) groups excluding carboxylic acids is 2. The minimum absolute atomic E-state index is 0.0123. The highest BCUT2D eigenvalue weighted by atomic mass is 19.1. The van der Waals surface area contributed by atoms with E-state index in [1.54, 1.807) is 20.8 Å². The molecule has 24 heavy (non-hydrogen) atoms. The van der Waals surface area contributed by atoms with Crippen LogP contribution in [0.15, 0.2) is 0 Å². The largest absolute Gasteiger partial charge is 0.444 e. The van der Waals surface area contributed by atoms with E-state index >= 15 is 0 Å². The van der Waals surface area contributed by atoms with Crippen molar-refractivity contribution in [1.29, 1.82) is 0 Å².